The standard InChI is InChI=1S/C18H19F3N2O2/c1-23(2)12-15-6-4-3-5-14(15)11-22-17(24)13-7-9-16(10-8-13)25-18(19,20)21/h3-10H,11-12H2,1-2H3,(H,22,24)/p+1. The monoisotopic (exact) mass is 353 g/mol. The van der Waals surface area contributed by atoms with Crippen LogP contribution in [-0.4, -0.2) is 26.4 Å². The Bertz CT molecular complexity index is 713. The van der Waals surface area contributed by atoms with E-state index in [0.29, 0.717) is 6.54 Å². The highest BCUT2D eigenvalue weighted by Gasteiger charge is 2.31. The van der Waals surface area contributed by atoms with E-state index in [9.17, 15) is 18.0 Å². The van der Waals surface area contributed by atoms with Crippen molar-refractivity contribution in [3.05, 3.63) is 65.2 Å². The van der Waals surface area contributed by atoms with Crippen LogP contribution in [0.15, 0.2) is 48.5 Å². The first-order chi connectivity index (χ1) is 11.7. The molecule has 25 heavy (non-hydrogen) atoms. The molecule has 0 spiro atoms. The average molecular weight is 353 g/mol. The van der Waals surface area contributed by atoms with Crippen molar-refractivity contribution in [1.82, 2.24) is 5.32 Å². The van der Waals surface area contributed by atoms with E-state index in [2.05, 4.69) is 10.1 Å². The minimum Gasteiger partial charge on any atom is -0.406 e. The Morgan fingerprint density at radius 1 is 1.04 bits per heavy atom. The molecule has 2 aromatic rings. The van der Waals surface area contributed by atoms with Crippen LogP contribution in [0.5, 0.6) is 5.75 Å². The van der Waals surface area contributed by atoms with E-state index in [4.69, 9.17) is 0 Å². The number of benzene rings is 2. The minimum atomic E-state index is -4.75. The smallest absolute Gasteiger partial charge is 0.406 e. The lowest BCUT2D eigenvalue weighted by Crippen LogP contribution is -3.04. The highest BCUT2D eigenvalue weighted by atomic mass is 19.4. The molecule has 0 aliphatic rings. The summed E-state index contributed by atoms with van der Waals surface area (Å²) in [4.78, 5) is 13.4. The van der Waals surface area contributed by atoms with Crippen LogP contribution in [0.1, 0.15) is 21.5 Å². The molecule has 0 aromatic heterocycles. The van der Waals surface area contributed by atoms with Crippen LogP contribution >= 0.6 is 0 Å². The Balaban J connectivity index is 1.99. The van der Waals surface area contributed by atoms with E-state index < -0.39 is 6.36 Å². The van der Waals surface area contributed by atoms with Gasteiger partial charge < -0.3 is 15.0 Å². The van der Waals surface area contributed by atoms with Gasteiger partial charge in [0, 0.05) is 17.7 Å². The van der Waals surface area contributed by atoms with Crippen LogP contribution in [0.25, 0.3) is 0 Å². The Hall–Kier alpha value is -2.54. The Morgan fingerprint density at radius 2 is 1.64 bits per heavy atom. The number of ether oxygens (including phenoxy) is 1. The number of alkyl halides is 3. The molecule has 0 heterocycles. The maximum Gasteiger partial charge on any atom is 0.573 e. The number of hydrogen-bond acceptors (Lipinski definition) is 2. The predicted octanol–water partition coefficient (Wildman–Crippen LogP) is 2.16. The van der Waals surface area contributed by atoms with Crippen molar-refractivity contribution in [2.24, 2.45) is 0 Å². The number of amides is 1. The largest absolute Gasteiger partial charge is 0.573 e. The summed E-state index contributed by atoms with van der Waals surface area (Å²) >= 11 is 0. The van der Waals surface area contributed by atoms with Gasteiger partial charge >= 0.3 is 6.36 Å². The summed E-state index contributed by atoms with van der Waals surface area (Å²) in [7, 11) is 4.08. The van der Waals surface area contributed by atoms with Crippen LogP contribution < -0.4 is 15.0 Å². The molecular formula is C18H20F3N2O2+. The Morgan fingerprint density at radius 3 is 2.20 bits per heavy atom. The Labute approximate surface area is 144 Å². The maximum atomic E-state index is 12.2. The number of rotatable bonds is 6. The first kappa shape index (κ1) is 18.8. The summed E-state index contributed by atoms with van der Waals surface area (Å²) in [5.41, 5.74) is 2.41. The van der Waals surface area contributed by atoms with Gasteiger partial charge in [0.15, 0.2) is 0 Å². The topological polar surface area (TPSA) is 42.8 Å². The summed E-state index contributed by atoms with van der Waals surface area (Å²) in [6.07, 6.45) is -4.75. The first-order valence-corrected chi connectivity index (χ1v) is 7.74. The van der Waals surface area contributed by atoms with Crippen LogP contribution in [-0.2, 0) is 13.1 Å². The molecule has 4 nitrogen and oxygen atoms in total. The molecule has 2 N–H and O–H groups in total. The number of halogens is 3. The van der Waals surface area contributed by atoms with Gasteiger partial charge in [0.05, 0.1) is 14.1 Å². The van der Waals surface area contributed by atoms with E-state index in [0.717, 1.165) is 29.8 Å². The van der Waals surface area contributed by atoms with Gasteiger partial charge in [-0.3, -0.25) is 4.79 Å². The minimum absolute atomic E-state index is 0.269. The molecule has 0 atom stereocenters. The van der Waals surface area contributed by atoms with Gasteiger partial charge in [0.25, 0.3) is 5.91 Å². The molecule has 0 saturated heterocycles. The third-order valence-corrected chi connectivity index (χ3v) is 3.45. The highest BCUT2D eigenvalue weighted by Crippen LogP contribution is 2.22. The van der Waals surface area contributed by atoms with Gasteiger partial charge in [-0.15, -0.1) is 13.2 Å². The number of carbonyl (C=O) groups is 1. The molecule has 2 rings (SSSR count). The van der Waals surface area contributed by atoms with Gasteiger partial charge in [-0.25, -0.2) is 0 Å². The molecule has 0 fully saturated rings. The second-order valence-corrected chi connectivity index (χ2v) is 5.91. The summed E-state index contributed by atoms with van der Waals surface area (Å²) in [6, 6.07) is 12.6. The van der Waals surface area contributed by atoms with E-state index in [1.54, 1.807) is 0 Å². The maximum absolute atomic E-state index is 12.2. The second kappa shape index (κ2) is 8.02. The molecule has 0 unspecified atom stereocenters. The van der Waals surface area contributed by atoms with Crippen molar-refractivity contribution in [1.29, 1.82) is 0 Å². The molecule has 0 bridgehead atoms. The number of hydrogen-bond donors (Lipinski definition) is 2. The van der Waals surface area contributed by atoms with Gasteiger partial charge in [0.1, 0.15) is 12.3 Å². The fourth-order valence-corrected chi connectivity index (χ4v) is 2.37. The zero-order valence-corrected chi connectivity index (χ0v) is 14.0. The third-order valence-electron chi connectivity index (χ3n) is 3.45. The highest BCUT2D eigenvalue weighted by molar-refractivity contribution is 5.94. The van der Waals surface area contributed by atoms with Gasteiger partial charge in [-0.1, -0.05) is 24.3 Å². The average Bonchev–Trinajstić information content (AvgIpc) is 2.52. The second-order valence-electron chi connectivity index (χ2n) is 5.91. The van der Waals surface area contributed by atoms with Crippen LogP contribution in [0, 0.1) is 0 Å². The summed E-state index contributed by atoms with van der Waals surface area (Å²) in [5.74, 6) is -0.714. The Kier molecular flexibility index (Phi) is 6.03. The SMILES string of the molecule is C[NH+](C)Cc1ccccc1CNC(=O)c1ccc(OC(F)(F)F)cc1. The van der Waals surface area contributed by atoms with E-state index in [-0.39, 0.29) is 17.2 Å². The molecular weight excluding hydrogens is 333 g/mol. The first-order valence-electron chi connectivity index (χ1n) is 7.74. The summed E-state index contributed by atoms with van der Waals surface area (Å²) in [5, 5.41) is 2.79. The number of nitrogens with one attached hydrogen (secondary N) is 2. The molecule has 0 saturated carbocycles. The molecule has 2 aromatic carbocycles. The predicted molar refractivity (Wildman–Crippen MR) is 87.3 cm³/mol. The fraction of sp³-hybridized carbons (Fsp3) is 0.278. The molecule has 0 aliphatic heterocycles. The van der Waals surface area contributed by atoms with Gasteiger partial charge in [-0.2, -0.15) is 0 Å². The zero-order valence-electron chi connectivity index (χ0n) is 14.0. The lowest BCUT2D eigenvalue weighted by atomic mass is 10.1. The van der Waals surface area contributed by atoms with E-state index >= 15 is 0 Å². The van der Waals surface area contributed by atoms with Crippen molar-refractivity contribution < 1.29 is 27.6 Å². The van der Waals surface area contributed by atoms with Crippen LogP contribution in [0.3, 0.4) is 0 Å². The van der Waals surface area contributed by atoms with Crippen molar-refractivity contribution in [3.63, 3.8) is 0 Å². The molecule has 1 amide bonds. The molecule has 7 heteroatoms. The fourth-order valence-electron chi connectivity index (χ4n) is 2.37. The van der Waals surface area contributed by atoms with Crippen LogP contribution in [0.4, 0.5) is 13.2 Å². The normalized spacial score (nSPS) is 11.4. The van der Waals surface area contributed by atoms with Crippen molar-refractivity contribution in [2.45, 2.75) is 19.5 Å². The van der Waals surface area contributed by atoms with Gasteiger partial charge in [0.2, 0.25) is 0 Å². The van der Waals surface area contributed by atoms with E-state index in [1.807, 2.05) is 38.4 Å². The van der Waals surface area contributed by atoms with Crippen LogP contribution in [0.2, 0.25) is 0 Å². The summed E-state index contributed by atoms with van der Waals surface area (Å²) < 4.78 is 40.2. The third kappa shape index (κ3) is 6.11. The summed E-state index contributed by atoms with van der Waals surface area (Å²) in [6.45, 7) is 1.18. The van der Waals surface area contributed by atoms with Crippen molar-refractivity contribution >= 4 is 5.91 Å². The van der Waals surface area contributed by atoms with Crippen molar-refractivity contribution in [3.8, 4) is 5.75 Å². The number of carbonyl (C=O) groups excluding carboxylic acids is 1. The lowest BCUT2D eigenvalue weighted by Gasteiger charge is -2.13. The van der Waals surface area contributed by atoms with Gasteiger partial charge in [-0.05, 0) is 29.8 Å². The quantitative estimate of drug-likeness (QED) is 0.836. The molecule has 134 valence electrons. The molecule has 0 radical (unpaired) electrons. The lowest BCUT2D eigenvalue weighted by molar-refractivity contribution is -0.872. The zero-order chi connectivity index (χ0) is 18.4. The number of quaternary nitrogens is 1. The van der Waals surface area contributed by atoms with E-state index in [1.165, 1.54) is 17.0 Å². The van der Waals surface area contributed by atoms with Crippen molar-refractivity contribution in [2.75, 3.05) is 14.1 Å². The molecule has 0 aliphatic carbocycles.